The molecule has 0 N–H and O–H groups in total. The lowest BCUT2D eigenvalue weighted by Gasteiger charge is -2.31. The number of fused-ring (bicyclic) bond motifs is 1. The first-order chi connectivity index (χ1) is 10.5. The van der Waals surface area contributed by atoms with Gasteiger partial charge in [0, 0.05) is 11.1 Å². The molecule has 1 aliphatic rings. The van der Waals surface area contributed by atoms with Gasteiger partial charge in [-0.25, -0.2) is 0 Å². The maximum absolute atomic E-state index is 12.6. The van der Waals surface area contributed by atoms with Crippen molar-refractivity contribution in [2.24, 2.45) is 5.41 Å². The van der Waals surface area contributed by atoms with Crippen LogP contribution in [0.3, 0.4) is 0 Å². The van der Waals surface area contributed by atoms with E-state index in [9.17, 15) is 4.79 Å². The maximum atomic E-state index is 12.6. The first-order valence-electron chi connectivity index (χ1n) is 7.77. The Kier molecular flexibility index (Phi) is 4.00. The van der Waals surface area contributed by atoms with Crippen LogP contribution in [0.4, 0.5) is 0 Å². The van der Waals surface area contributed by atoms with Crippen molar-refractivity contribution in [1.82, 2.24) is 0 Å². The van der Waals surface area contributed by atoms with E-state index < -0.39 is 11.0 Å². The Morgan fingerprint density at radius 2 is 2.18 bits per heavy atom. The summed E-state index contributed by atoms with van der Waals surface area (Å²) >= 11 is 1.70. The van der Waals surface area contributed by atoms with Gasteiger partial charge in [0.05, 0.1) is 23.5 Å². The molecule has 22 heavy (non-hydrogen) atoms. The quantitative estimate of drug-likeness (QED) is 0.779. The van der Waals surface area contributed by atoms with Crippen LogP contribution in [0.5, 0.6) is 0 Å². The molecule has 1 aromatic carbocycles. The fraction of sp³-hybridized carbons (Fsp3) is 0.500. The second kappa shape index (κ2) is 5.67. The number of benzene rings is 1. The predicted octanol–water partition coefficient (Wildman–Crippen LogP) is 4.50. The topological polar surface area (TPSA) is 35.5 Å². The van der Waals surface area contributed by atoms with Crippen LogP contribution < -0.4 is 0 Å². The van der Waals surface area contributed by atoms with Gasteiger partial charge < -0.3 is 9.47 Å². The second-order valence-corrected chi connectivity index (χ2v) is 7.66. The predicted molar refractivity (Wildman–Crippen MR) is 89.1 cm³/mol. The summed E-state index contributed by atoms with van der Waals surface area (Å²) in [6, 6.07) is 10.4. The van der Waals surface area contributed by atoms with E-state index in [0.717, 1.165) is 17.7 Å². The van der Waals surface area contributed by atoms with Gasteiger partial charge in [-0.05, 0) is 37.8 Å². The van der Waals surface area contributed by atoms with Crippen molar-refractivity contribution < 1.29 is 14.3 Å². The van der Waals surface area contributed by atoms with Crippen molar-refractivity contribution in [2.75, 3.05) is 13.2 Å². The van der Waals surface area contributed by atoms with E-state index in [1.165, 1.54) is 10.1 Å². The van der Waals surface area contributed by atoms with Crippen LogP contribution in [-0.2, 0) is 19.9 Å². The average Bonchev–Trinajstić information content (AvgIpc) is 3.14. The third-order valence-electron chi connectivity index (χ3n) is 4.58. The van der Waals surface area contributed by atoms with E-state index in [1.54, 1.807) is 11.3 Å². The van der Waals surface area contributed by atoms with Gasteiger partial charge in [-0.2, -0.15) is 0 Å². The Labute approximate surface area is 135 Å². The van der Waals surface area contributed by atoms with E-state index in [2.05, 4.69) is 18.2 Å². The van der Waals surface area contributed by atoms with Crippen molar-refractivity contribution in [3.8, 4) is 0 Å². The minimum Gasteiger partial charge on any atom is -0.450 e. The smallest absolute Gasteiger partial charge is 0.312 e. The molecule has 1 aromatic heterocycles. The zero-order valence-electron chi connectivity index (χ0n) is 13.3. The number of carbonyl (C=O) groups is 1. The lowest BCUT2D eigenvalue weighted by Crippen LogP contribution is -2.37. The molecule has 3 rings (SSSR count). The van der Waals surface area contributed by atoms with Gasteiger partial charge in [0.1, 0.15) is 0 Å². The van der Waals surface area contributed by atoms with E-state index in [0.29, 0.717) is 13.2 Å². The highest BCUT2D eigenvalue weighted by molar-refractivity contribution is 7.19. The Balaban J connectivity index is 1.96. The normalized spacial score (nSPS) is 22.1. The van der Waals surface area contributed by atoms with E-state index in [1.807, 2.05) is 32.9 Å². The number of rotatable bonds is 4. The van der Waals surface area contributed by atoms with Gasteiger partial charge in [-0.1, -0.05) is 25.1 Å². The summed E-state index contributed by atoms with van der Waals surface area (Å²) in [5.41, 5.74) is -1.08. The molecule has 1 fully saturated rings. The highest BCUT2D eigenvalue weighted by Gasteiger charge is 2.44. The number of thiophene rings is 1. The van der Waals surface area contributed by atoms with Crippen molar-refractivity contribution in [2.45, 2.75) is 39.2 Å². The molecular formula is C18H22O3S. The first-order valence-corrected chi connectivity index (χ1v) is 8.59. The van der Waals surface area contributed by atoms with Crippen LogP contribution in [0.1, 0.15) is 38.5 Å². The van der Waals surface area contributed by atoms with Crippen molar-refractivity contribution >= 4 is 27.4 Å². The molecular weight excluding hydrogens is 296 g/mol. The molecule has 0 radical (unpaired) electrons. The van der Waals surface area contributed by atoms with E-state index in [-0.39, 0.29) is 5.97 Å². The van der Waals surface area contributed by atoms with Gasteiger partial charge in [-0.15, -0.1) is 11.3 Å². The molecule has 0 bridgehead atoms. The summed E-state index contributed by atoms with van der Waals surface area (Å²) in [4.78, 5) is 13.7. The Bertz CT molecular complexity index is 647. The third-order valence-corrected chi connectivity index (χ3v) is 5.89. The van der Waals surface area contributed by atoms with Crippen LogP contribution in [0.2, 0.25) is 0 Å². The molecule has 0 aliphatic carbocycles. The molecule has 4 heteroatoms. The summed E-state index contributed by atoms with van der Waals surface area (Å²) in [6.07, 6.45) is 1.49. The standard InChI is InChI=1S/C18H22O3S/c1-4-17(2,3)16(19)21-18(9-10-20-12-18)15-11-13-7-5-6-8-14(13)22-15/h5-8,11H,4,9-10,12H2,1-3H3. The van der Waals surface area contributed by atoms with Gasteiger partial charge in [0.25, 0.3) is 0 Å². The zero-order valence-corrected chi connectivity index (χ0v) is 14.2. The molecule has 1 aliphatic heterocycles. The van der Waals surface area contributed by atoms with Crippen LogP contribution in [0.15, 0.2) is 30.3 Å². The molecule has 118 valence electrons. The fourth-order valence-electron chi connectivity index (χ4n) is 2.54. The van der Waals surface area contributed by atoms with Crippen molar-refractivity contribution in [1.29, 1.82) is 0 Å². The summed E-state index contributed by atoms with van der Waals surface area (Å²) < 4.78 is 12.8. The van der Waals surface area contributed by atoms with Crippen LogP contribution in [0, 0.1) is 5.41 Å². The zero-order chi connectivity index (χ0) is 15.8. The minimum absolute atomic E-state index is 0.141. The fourth-order valence-corrected chi connectivity index (χ4v) is 3.74. The van der Waals surface area contributed by atoms with Crippen molar-refractivity contribution in [3.05, 3.63) is 35.2 Å². The molecule has 1 saturated heterocycles. The van der Waals surface area contributed by atoms with Crippen LogP contribution in [-0.4, -0.2) is 19.2 Å². The maximum Gasteiger partial charge on any atom is 0.312 e. The Morgan fingerprint density at radius 1 is 1.41 bits per heavy atom. The third kappa shape index (κ3) is 2.66. The van der Waals surface area contributed by atoms with Gasteiger partial charge in [0.15, 0.2) is 5.60 Å². The number of hydrogen-bond donors (Lipinski definition) is 0. The number of hydrogen-bond acceptors (Lipinski definition) is 4. The van der Waals surface area contributed by atoms with E-state index >= 15 is 0 Å². The van der Waals surface area contributed by atoms with Crippen molar-refractivity contribution in [3.63, 3.8) is 0 Å². The molecule has 0 saturated carbocycles. The molecule has 2 aromatic rings. The lowest BCUT2D eigenvalue weighted by molar-refractivity contribution is -0.171. The summed E-state index contributed by atoms with van der Waals surface area (Å²) in [7, 11) is 0. The molecule has 2 heterocycles. The average molecular weight is 318 g/mol. The first kappa shape index (κ1) is 15.5. The summed E-state index contributed by atoms with van der Waals surface area (Å²) in [5, 5.41) is 1.19. The highest BCUT2D eigenvalue weighted by Crippen LogP contribution is 2.42. The number of carbonyl (C=O) groups excluding carboxylic acids is 1. The summed E-state index contributed by atoms with van der Waals surface area (Å²) in [6.45, 7) is 6.96. The molecule has 3 nitrogen and oxygen atoms in total. The number of ether oxygens (including phenoxy) is 2. The minimum atomic E-state index is -0.618. The highest BCUT2D eigenvalue weighted by atomic mass is 32.1. The second-order valence-electron chi connectivity index (χ2n) is 6.57. The van der Waals surface area contributed by atoms with Crippen LogP contribution in [0.25, 0.3) is 10.1 Å². The van der Waals surface area contributed by atoms with Crippen LogP contribution >= 0.6 is 11.3 Å². The molecule has 0 amide bonds. The largest absolute Gasteiger partial charge is 0.450 e. The van der Waals surface area contributed by atoms with Gasteiger partial charge >= 0.3 is 5.97 Å². The summed E-state index contributed by atoms with van der Waals surface area (Å²) in [5.74, 6) is -0.141. The Hall–Kier alpha value is -1.39. The molecule has 1 atom stereocenters. The Morgan fingerprint density at radius 3 is 2.82 bits per heavy atom. The number of esters is 1. The SMILES string of the molecule is CCC(C)(C)C(=O)OC1(c2cc3ccccc3s2)CCOC1. The lowest BCUT2D eigenvalue weighted by atomic mass is 9.90. The monoisotopic (exact) mass is 318 g/mol. The van der Waals surface area contributed by atoms with Gasteiger partial charge in [-0.3, -0.25) is 4.79 Å². The van der Waals surface area contributed by atoms with Gasteiger partial charge in [0.2, 0.25) is 0 Å². The molecule has 0 spiro atoms. The molecule has 1 unspecified atom stereocenters. The van der Waals surface area contributed by atoms with E-state index in [4.69, 9.17) is 9.47 Å².